The summed E-state index contributed by atoms with van der Waals surface area (Å²) in [5, 5.41) is 2.96. The smallest absolute Gasteiger partial charge is 0.263 e. The van der Waals surface area contributed by atoms with E-state index in [-0.39, 0.29) is 22.9 Å². The fourth-order valence-electron chi connectivity index (χ4n) is 3.35. The number of carbonyl (C=O) groups is 1. The first-order valence-electron chi connectivity index (χ1n) is 9.63. The fourth-order valence-corrected chi connectivity index (χ4v) is 3.35. The summed E-state index contributed by atoms with van der Waals surface area (Å²) < 4.78 is 1.57. The summed E-state index contributed by atoms with van der Waals surface area (Å²) >= 11 is 0. The van der Waals surface area contributed by atoms with Crippen molar-refractivity contribution in [1.29, 1.82) is 0 Å². The molecule has 1 N–H and O–H groups in total. The third-order valence-corrected chi connectivity index (χ3v) is 4.98. The largest absolute Gasteiger partial charge is 0.351 e. The molecule has 4 nitrogen and oxygen atoms in total. The number of nitrogens with zero attached hydrogens (tertiary/aromatic N) is 1. The first-order valence-corrected chi connectivity index (χ1v) is 9.63. The normalized spacial score (nSPS) is 12.0. The van der Waals surface area contributed by atoms with Crippen LogP contribution in [0.25, 0.3) is 0 Å². The number of hydrogen-bond acceptors (Lipinski definition) is 2. The zero-order valence-electron chi connectivity index (χ0n) is 16.3. The highest BCUT2D eigenvalue weighted by Gasteiger charge is 2.18. The predicted octanol–water partition coefficient (Wildman–Crippen LogP) is 4.07. The molecule has 0 aliphatic carbocycles. The van der Waals surface area contributed by atoms with Crippen LogP contribution in [0.3, 0.4) is 0 Å². The van der Waals surface area contributed by atoms with Gasteiger partial charge in [-0.3, -0.25) is 9.59 Å². The molecule has 0 radical (unpaired) electrons. The van der Waals surface area contributed by atoms with Crippen LogP contribution in [0.4, 0.5) is 0 Å². The summed E-state index contributed by atoms with van der Waals surface area (Å²) in [5.41, 5.74) is 2.11. The highest BCUT2D eigenvalue weighted by molar-refractivity contribution is 5.93. The Hall–Kier alpha value is -3.14. The molecule has 0 fully saturated rings. The first kappa shape index (κ1) is 19.6. The van der Waals surface area contributed by atoms with E-state index in [0.29, 0.717) is 19.0 Å². The van der Waals surface area contributed by atoms with E-state index in [1.807, 2.05) is 48.5 Å². The molecule has 0 aliphatic rings. The minimum atomic E-state index is -0.325. The highest BCUT2D eigenvalue weighted by Crippen LogP contribution is 2.23. The van der Waals surface area contributed by atoms with Gasteiger partial charge < -0.3 is 9.88 Å². The molecule has 4 heteroatoms. The highest BCUT2D eigenvalue weighted by atomic mass is 16.2. The Bertz CT molecular complexity index is 963. The van der Waals surface area contributed by atoms with Crippen LogP contribution in [0, 0.1) is 5.92 Å². The molecule has 0 aliphatic heterocycles. The Morgan fingerprint density at radius 2 is 1.57 bits per heavy atom. The van der Waals surface area contributed by atoms with E-state index in [4.69, 9.17) is 0 Å². The second-order valence-electron chi connectivity index (χ2n) is 7.31. The van der Waals surface area contributed by atoms with Crippen molar-refractivity contribution in [3.63, 3.8) is 0 Å². The molecule has 144 valence electrons. The van der Waals surface area contributed by atoms with Gasteiger partial charge in [-0.1, -0.05) is 74.5 Å². The summed E-state index contributed by atoms with van der Waals surface area (Å²) in [6, 6.07) is 23.2. The van der Waals surface area contributed by atoms with Gasteiger partial charge in [0.25, 0.3) is 11.5 Å². The number of carbonyl (C=O) groups excluding carboxylic acids is 1. The molecule has 1 amide bonds. The first-order chi connectivity index (χ1) is 13.6. The maximum Gasteiger partial charge on any atom is 0.263 e. The molecule has 28 heavy (non-hydrogen) atoms. The summed E-state index contributed by atoms with van der Waals surface area (Å²) in [5.74, 6) is 0.239. The van der Waals surface area contributed by atoms with Crippen LogP contribution >= 0.6 is 0 Å². The quantitative estimate of drug-likeness (QED) is 0.678. The number of benzene rings is 2. The minimum Gasteiger partial charge on any atom is -0.351 e. The van der Waals surface area contributed by atoms with Gasteiger partial charge in [0.2, 0.25) is 0 Å². The standard InChI is InChI=1S/C24H26N2O2/c1-18(2)22(20-12-7-4-8-13-20)16-25-23(27)21-14-9-15-26(24(21)28)17-19-10-5-3-6-11-19/h3-15,18,22H,16-17H2,1-2H3,(H,25,27). The van der Waals surface area contributed by atoms with Crippen molar-refractivity contribution in [2.75, 3.05) is 6.54 Å². The molecule has 1 aromatic heterocycles. The molecule has 0 saturated heterocycles. The maximum absolute atomic E-state index is 12.8. The zero-order chi connectivity index (χ0) is 19.9. The van der Waals surface area contributed by atoms with Gasteiger partial charge in [-0.05, 0) is 29.2 Å². The van der Waals surface area contributed by atoms with Crippen LogP contribution in [0.5, 0.6) is 0 Å². The van der Waals surface area contributed by atoms with Gasteiger partial charge in [-0.15, -0.1) is 0 Å². The summed E-state index contributed by atoms with van der Waals surface area (Å²) in [4.78, 5) is 25.5. The van der Waals surface area contributed by atoms with Crippen LogP contribution in [-0.2, 0) is 6.54 Å². The lowest BCUT2D eigenvalue weighted by molar-refractivity contribution is 0.0947. The molecule has 2 aromatic carbocycles. The number of rotatable bonds is 7. The Balaban J connectivity index is 1.74. The molecule has 1 atom stereocenters. The van der Waals surface area contributed by atoms with Crippen LogP contribution < -0.4 is 10.9 Å². The molecule has 3 rings (SSSR count). The van der Waals surface area contributed by atoms with Crippen molar-refractivity contribution in [1.82, 2.24) is 9.88 Å². The number of pyridine rings is 1. The molecule has 0 spiro atoms. The minimum absolute atomic E-state index is 0.175. The maximum atomic E-state index is 12.8. The van der Waals surface area contributed by atoms with Crippen LogP contribution in [0.2, 0.25) is 0 Å². The van der Waals surface area contributed by atoms with E-state index >= 15 is 0 Å². The Kier molecular flexibility index (Phi) is 6.43. The van der Waals surface area contributed by atoms with Crippen LogP contribution in [-0.4, -0.2) is 17.0 Å². The van der Waals surface area contributed by atoms with Gasteiger partial charge in [-0.2, -0.15) is 0 Å². The predicted molar refractivity (Wildman–Crippen MR) is 113 cm³/mol. The Labute approximate surface area is 165 Å². The van der Waals surface area contributed by atoms with Gasteiger partial charge in [0.15, 0.2) is 0 Å². The van der Waals surface area contributed by atoms with Gasteiger partial charge in [0.05, 0.1) is 6.54 Å². The van der Waals surface area contributed by atoms with Crippen molar-refractivity contribution in [2.45, 2.75) is 26.3 Å². The van der Waals surface area contributed by atoms with Crippen molar-refractivity contribution in [2.24, 2.45) is 5.92 Å². The van der Waals surface area contributed by atoms with Crippen molar-refractivity contribution >= 4 is 5.91 Å². The molecule has 1 unspecified atom stereocenters. The van der Waals surface area contributed by atoms with E-state index in [0.717, 1.165) is 5.56 Å². The number of hydrogen-bond donors (Lipinski definition) is 1. The Morgan fingerprint density at radius 3 is 2.21 bits per heavy atom. The average Bonchev–Trinajstić information content (AvgIpc) is 2.71. The lowest BCUT2D eigenvalue weighted by atomic mass is 9.88. The van der Waals surface area contributed by atoms with E-state index in [9.17, 15) is 9.59 Å². The molecule has 0 saturated carbocycles. The molecular weight excluding hydrogens is 348 g/mol. The Morgan fingerprint density at radius 1 is 0.929 bits per heavy atom. The topological polar surface area (TPSA) is 51.1 Å². The van der Waals surface area contributed by atoms with Crippen LogP contribution in [0.15, 0.2) is 83.8 Å². The van der Waals surface area contributed by atoms with Gasteiger partial charge in [0.1, 0.15) is 5.56 Å². The third kappa shape index (κ3) is 4.77. The summed E-state index contributed by atoms with van der Waals surface area (Å²) in [6.07, 6.45) is 1.72. The molecule has 1 heterocycles. The van der Waals surface area contributed by atoms with Gasteiger partial charge in [-0.25, -0.2) is 0 Å². The van der Waals surface area contributed by atoms with Crippen molar-refractivity contribution in [3.8, 4) is 0 Å². The van der Waals surface area contributed by atoms with Gasteiger partial charge >= 0.3 is 0 Å². The molecular formula is C24H26N2O2. The second-order valence-corrected chi connectivity index (χ2v) is 7.31. The number of aromatic nitrogens is 1. The lowest BCUT2D eigenvalue weighted by Gasteiger charge is -2.22. The zero-order valence-corrected chi connectivity index (χ0v) is 16.3. The van der Waals surface area contributed by atoms with E-state index in [1.165, 1.54) is 5.56 Å². The summed E-state index contributed by atoms with van der Waals surface area (Å²) in [6.45, 7) is 5.21. The average molecular weight is 374 g/mol. The van der Waals surface area contributed by atoms with Crippen LogP contribution in [0.1, 0.15) is 41.3 Å². The molecule has 0 bridgehead atoms. The number of nitrogens with one attached hydrogen (secondary N) is 1. The molecule has 3 aromatic rings. The lowest BCUT2D eigenvalue weighted by Crippen LogP contribution is -2.35. The number of amides is 1. The fraction of sp³-hybridized carbons (Fsp3) is 0.250. The van der Waals surface area contributed by atoms with E-state index in [2.05, 4.69) is 31.3 Å². The van der Waals surface area contributed by atoms with Crippen molar-refractivity contribution < 1.29 is 4.79 Å². The van der Waals surface area contributed by atoms with E-state index in [1.54, 1.807) is 22.9 Å². The van der Waals surface area contributed by atoms with E-state index < -0.39 is 0 Å². The SMILES string of the molecule is CC(C)C(CNC(=O)c1cccn(Cc2ccccc2)c1=O)c1ccccc1. The summed E-state index contributed by atoms with van der Waals surface area (Å²) in [7, 11) is 0. The van der Waals surface area contributed by atoms with Crippen molar-refractivity contribution in [3.05, 3.63) is 106 Å². The third-order valence-electron chi connectivity index (χ3n) is 4.98. The second kappa shape index (κ2) is 9.18. The van der Waals surface area contributed by atoms with Gasteiger partial charge in [0, 0.05) is 18.7 Å². The monoisotopic (exact) mass is 374 g/mol.